The molecular weight excluding hydrogens is 303 g/mol. The number of nitriles is 1. The van der Waals surface area contributed by atoms with Crippen molar-refractivity contribution in [3.8, 4) is 11.8 Å². The normalized spacial score (nSPS) is 11.4. The van der Waals surface area contributed by atoms with E-state index >= 15 is 0 Å². The molecule has 0 aliphatic carbocycles. The van der Waals surface area contributed by atoms with Gasteiger partial charge in [-0.15, -0.1) is 0 Å². The van der Waals surface area contributed by atoms with Gasteiger partial charge >= 0.3 is 0 Å². The predicted octanol–water partition coefficient (Wildman–Crippen LogP) is 1.43. The molecule has 0 spiro atoms. The third-order valence-electron chi connectivity index (χ3n) is 2.12. The number of ether oxygens (including phenoxy) is 1. The van der Waals surface area contributed by atoms with Gasteiger partial charge in [0.05, 0.1) is 6.07 Å². The number of rotatable bonds is 5. The van der Waals surface area contributed by atoms with E-state index in [1.165, 1.54) is 12.1 Å². The molecule has 0 aromatic heterocycles. The van der Waals surface area contributed by atoms with Crippen LogP contribution in [0.5, 0.6) is 5.75 Å². The zero-order valence-electron chi connectivity index (χ0n) is 9.45. The largest absolute Gasteiger partial charge is 0.483 e. The van der Waals surface area contributed by atoms with Crippen molar-refractivity contribution in [3.05, 3.63) is 40.8 Å². The highest BCUT2D eigenvalue weighted by Crippen LogP contribution is 2.21. The van der Waals surface area contributed by atoms with Crippen molar-refractivity contribution in [1.82, 2.24) is 0 Å². The number of halogens is 2. The van der Waals surface area contributed by atoms with Crippen LogP contribution < -0.4 is 10.5 Å². The predicted molar refractivity (Wildman–Crippen MR) is 65.7 cm³/mol. The Labute approximate surface area is 112 Å². The minimum absolute atomic E-state index is 0.0436. The molecule has 0 saturated carbocycles. The molecule has 1 aromatic carbocycles. The van der Waals surface area contributed by atoms with Crippen LogP contribution in [0, 0.1) is 23.1 Å². The summed E-state index contributed by atoms with van der Waals surface area (Å²) in [6.45, 7) is 3.04. The highest BCUT2D eigenvalue weighted by atomic mass is 79.9. The Bertz CT molecular complexity index is 525. The Hall–Kier alpha value is -1.71. The number of carbonyl (C=O) groups is 1. The number of benzene rings is 1. The van der Waals surface area contributed by atoms with Gasteiger partial charge in [-0.1, -0.05) is 15.9 Å². The SMILES string of the molecule is C=C([NH3+])[C@@H](C#N)C(=O)COc1ccc(Br)cc1F. The van der Waals surface area contributed by atoms with Crippen LogP contribution in [0.3, 0.4) is 0 Å². The maximum absolute atomic E-state index is 13.4. The maximum atomic E-state index is 13.4. The van der Waals surface area contributed by atoms with E-state index in [4.69, 9.17) is 10.00 Å². The first-order chi connectivity index (χ1) is 8.45. The Morgan fingerprint density at radius 2 is 2.33 bits per heavy atom. The first-order valence-corrected chi connectivity index (χ1v) is 5.76. The van der Waals surface area contributed by atoms with Gasteiger partial charge < -0.3 is 10.5 Å². The molecule has 0 heterocycles. The lowest BCUT2D eigenvalue weighted by atomic mass is 10.0. The molecule has 1 rings (SSSR count). The minimum atomic E-state index is -1.02. The molecule has 1 atom stereocenters. The van der Waals surface area contributed by atoms with Crippen molar-refractivity contribution in [1.29, 1.82) is 5.26 Å². The van der Waals surface area contributed by atoms with Gasteiger partial charge in [0.25, 0.3) is 0 Å². The van der Waals surface area contributed by atoms with Gasteiger partial charge in [-0.3, -0.25) is 4.79 Å². The lowest BCUT2D eigenvalue weighted by Crippen LogP contribution is -2.51. The molecule has 6 heteroatoms. The smallest absolute Gasteiger partial charge is 0.197 e. The average Bonchev–Trinajstić information content (AvgIpc) is 2.28. The van der Waals surface area contributed by atoms with Crippen LogP contribution in [0.4, 0.5) is 4.39 Å². The molecule has 0 aliphatic rings. The number of carbonyl (C=O) groups excluding carboxylic acids is 1. The maximum Gasteiger partial charge on any atom is 0.197 e. The van der Waals surface area contributed by atoms with E-state index in [0.717, 1.165) is 0 Å². The van der Waals surface area contributed by atoms with Gasteiger partial charge in [0, 0.05) is 4.47 Å². The van der Waals surface area contributed by atoms with Crippen molar-refractivity contribution in [2.24, 2.45) is 5.92 Å². The number of hydrogen-bond acceptors (Lipinski definition) is 3. The fraction of sp³-hybridized carbons (Fsp3) is 0.167. The second kappa shape index (κ2) is 6.28. The number of hydrogen-bond donors (Lipinski definition) is 1. The molecular formula is C12H11BrFN2O2+. The van der Waals surface area contributed by atoms with Crippen molar-refractivity contribution >= 4 is 21.7 Å². The summed E-state index contributed by atoms with van der Waals surface area (Å²) in [6, 6.07) is 5.98. The Morgan fingerprint density at radius 3 is 2.83 bits per heavy atom. The zero-order chi connectivity index (χ0) is 13.7. The first-order valence-electron chi connectivity index (χ1n) is 4.96. The molecule has 0 unspecified atom stereocenters. The van der Waals surface area contributed by atoms with Crippen LogP contribution in [0.25, 0.3) is 0 Å². The monoisotopic (exact) mass is 313 g/mol. The van der Waals surface area contributed by atoms with Gasteiger partial charge in [0.15, 0.2) is 23.3 Å². The summed E-state index contributed by atoms with van der Waals surface area (Å²) in [5, 5.41) is 8.75. The minimum Gasteiger partial charge on any atom is -0.483 e. The molecule has 0 saturated heterocycles. The Balaban J connectivity index is 2.68. The number of Topliss-reactive ketones (excluding diaryl/α,β-unsaturated/α-hetero) is 1. The van der Waals surface area contributed by atoms with E-state index in [0.29, 0.717) is 4.47 Å². The number of allylic oxidation sites excluding steroid dienone is 1. The molecule has 3 N–H and O–H groups in total. The zero-order valence-corrected chi connectivity index (χ0v) is 11.0. The van der Waals surface area contributed by atoms with Crippen molar-refractivity contribution in [2.45, 2.75) is 0 Å². The van der Waals surface area contributed by atoms with E-state index in [1.54, 1.807) is 12.1 Å². The fourth-order valence-corrected chi connectivity index (χ4v) is 1.55. The molecule has 18 heavy (non-hydrogen) atoms. The van der Waals surface area contributed by atoms with Crippen LogP contribution in [0.15, 0.2) is 34.9 Å². The Morgan fingerprint density at radius 1 is 1.67 bits per heavy atom. The first kappa shape index (κ1) is 14.4. The lowest BCUT2D eigenvalue weighted by Gasteiger charge is -2.08. The number of ketones is 1. The van der Waals surface area contributed by atoms with Crippen LogP contribution >= 0.6 is 15.9 Å². The molecule has 0 amide bonds. The highest BCUT2D eigenvalue weighted by Gasteiger charge is 2.22. The van der Waals surface area contributed by atoms with Crippen LogP contribution in [0.2, 0.25) is 0 Å². The van der Waals surface area contributed by atoms with Gasteiger partial charge in [-0.2, -0.15) is 5.26 Å². The summed E-state index contributed by atoms with van der Waals surface area (Å²) in [5.74, 6) is -2.15. The fourth-order valence-electron chi connectivity index (χ4n) is 1.22. The van der Waals surface area contributed by atoms with Crippen LogP contribution in [-0.2, 0) is 4.79 Å². The van der Waals surface area contributed by atoms with Crippen molar-refractivity contribution in [2.75, 3.05) is 6.61 Å². The summed E-state index contributed by atoms with van der Waals surface area (Å²) >= 11 is 3.10. The highest BCUT2D eigenvalue weighted by molar-refractivity contribution is 9.10. The summed E-state index contributed by atoms with van der Waals surface area (Å²) < 4.78 is 19.0. The number of nitrogens with zero attached hydrogens (tertiary/aromatic N) is 1. The third kappa shape index (κ3) is 3.65. The lowest BCUT2D eigenvalue weighted by molar-refractivity contribution is -0.309. The second-order valence-corrected chi connectivity index (χ2v) is 4.47. The van der Waals surface area contributed by atoms with Crippen molar-refractivity contribution in [3.63, 3.8) is 0 Å². The second-order valence-electron chi connectivity index (χ2n) is 3.55. The summed E-state index contributed by atoms with van der Waals surface area (Å²) in [7, 11) is 0. The van der Waals surface area contributed by atoms with Crippen molar-refractivity contribution < 1.29 is 19.7 Å². The van der Waals surface area contributed by atoms with E-state index in [-0.39, 0.29) is 11.4 Å². The summed E-state index contributed by atoms with van der Waals surface area (Å²) in [6.07, 6.45) is 0. The Kier molecular flexibility index (Phi) is 5.01. The van der Waals surface area contributed by atoms with Gasteiger partial charge in [-0.25, -0.2) is 4.39 Å². The molecule has 4 nitrogen and oxygen atoms in total. The average molecular weight is 314 g/mol. The molecule has 0 fully saturated rings. The third-order valence-corrected chi connectivity index (χ3v) is 2.62. The summed E-state index contributed by atoms with van der Waals surface area (Å²) in [5.41, 5.74) is 3.64. The van der Waals surface area contributed by atoms with E-state index < -0.39 is 24.1 Å². The van der Waals surface area contributed by atoms with Gasteiger partial charge in [0.2, 0.25) is 0 Å². The van der Waals surface area contributed by atoms with E-state index in [9.17, 15) is 9.18 Å². The molecule has 0 aliphatic heterocycles. The van der Waals surface area contributed by atoms with Crippen LogP contribution in [-0.4, -0.2) is 12.4 Å². The number of quaternary nitrogens is 1. The standard InChI is InChI=1S/C12H10BrFN2O2/c1-7(16)9(5-15)11(17)6-18-12-3-2-8(13)4-10(12)14/h2-4,9H,1,6,16H2/p+1/t9-/m1/s1. The molecule has 1 aromatic rings. The van der Waals surface area contributed by atoms with Gasteiger partial charge in [0.1, 0.15) is 12.3 Å². The quantitative estimate of drug-likeness (QED) is 0.893. The van der Waals surface area contributed by atoms with Gasteiger partial charge in [-0.05, 0) is 24.8 Å². The molecule has 0 bridgehead atoms. The molecule has 94 valence electrons. The summed E-state index contributed by atoms with van der Waals surface area (Å²) in [4.78, 5) is 11.6. The van der Waals surface area contributed by atoms with E-state index in [2.05, 4.69) is 28.2 Å². The van der Waals surface area contributed by atoms with Crippen LogP contribution in [0.1, 0.15) is 0 Å². The topological polar surface area (TPSA) is 77.7 Å². The molecule has 0 radical (unpaired) electrons. The van der Waals surface area contributed by atoms with E-state index in [1.807, 2.05) is 0 Å².